The van der Waals surface area contributed by atoms with Crippen LogP contribution in [0.5, 0.6) is 0 Å². The molecule has 0 atom stereocenters. The van der Waals surface area contributed by atoms with Gasteiger partial charge in [-0.05, 0) is 61.7 Å². The van der Waals surface area contributed by atoms with Gasteiger partial charge in [0.05, 0.1) is 22.8 Å². The van der Waals surface area contributed by atoms with Gasteiger partial charge in [0.15, 0.2) is 0 Å². The summed E-state index contributed by atoms with van der Waals surface area (Å²) in [6.45, 7) is 5.82. The van der Waals surface area contributed by atoms with E-state index in [4.69, 9.17) is 0 Å². The summed E-state index contributed by atoms with van der Waals surface area (Å²) in [5, 5.41) is 4.41. The van der Waals surface area contributed by atoms with E-state index in [-0.39, 0.29) is 6.54 Å². The zero-order chi connectivity index (χ0) is 18.9. The summed E-state index contributed by atoms with van der Waals surface area (Å²) < 4.78 is 29.8. The second kappa shape index (κ2) is 7.01. The molecule has 136 valence electrons. The van der Waals surface area contributed by atoms with E-state index in [1.807, 2.05) is 52.1 Å². The number of pyridine rings is 1. The zero-order valence-corrected chi connectivity index (χ0v) is 16.1. The summed E-state index contributed by atoms with van der Waals surface area (Å²) in [4.78, 5) is 4.32. The third kappa shape index (κ3) is 3.68. The van der Waals surface area contributed by atoms with Gasteiger partial charge in [0.2, 0.25) is 10.0 Å². The van der Waals surface area contributed by atoms with Crippen LogP contribution in [0, 0.1) is 20.8 Å². The van der Waals surface area contributed by atoms with Gasteiger partial charge in [-0.25, -0.2) is 13.1 Å². The molecular formula is C19H22N4O2S. The van der Waals surface area contributed by atoms with Crippen molar-refractivity contribution in [1.29, 1.82) is 0 Å². The van der Waals surface area contributed by atoms with Gasteiger partial charge < -0.3 is 0 Å². The lowest BCUT2D eigenvalue weighted by atomic mass is 10.1. The molecule has 0 fully saturated rings. The van der Waals surface area contributed by atoms with Crippen molar-refractivity contribution in [1.82, 2.24) is 19.5 Å². The van der Waals surface area contributed by atoms with E-state index in [0.717, 1.165) is 27.9 Å². The largest absolute Gasteiger partial charge is 0.268 e. The van der Waals surface area contributed by atoms with Crippen molar-refractivity contribution in [3.8, 4) is 11.3 Å². The molecule has 6 nitrogen and oxygen atoms in total. The van der Waals surface area contributed by atoms with Crippen molar-refractivity contribution in [2.75, 3.05) is 0 Å². The Bertz CT molecular complexity index is 1040. The van der Waals surface area contributed by atoms with E-state index >= 15 is 0 Å². The van der Waals surface area contributed by atoms with Gasteiger partial charge in [0.1, 0.15) is 0 Å². The number of aryl methyl sites for hydroxylation is 4. The van der Waals surface area contributed by atoms with Crippen LogP contribution in [0.25, 0.3) is 11.3 Å². The maximum Gasteiger partial charge on any atom is 0.241 e. The number of nitrogens with one attached hydrogen (secondary N) is 1. The van der Waals surface area contributed by atoms with Gasteiger partial charge in [-0.3, -0.25) is 9.67 Å². The lowest BCUT2D eigenvalue weighted by Crippen LogP contribution is -2.24. The molecule has 1 aromatic carbocycles. The average Bonchev–Trinajstić information content (AvgIpc) is 2.98. The summed E-state index contributed by atoms with van der Waals surface area (Å²) in [5.74, 6) is 0. The first-order valence-corrected chi connectivity index (χ1v) is 9.77. The Labute approximate surface area is 154 Å². The van der Waals surface area contributed by atoms with Crippen LogP contribution in [0.3, 0.4) is 0 Å². The van der Waals surface area contributed by atoms with E-state index in [9.17, 15) is 8.42 Å². The van der Waals surface area contributed by atoms with Gasteiger partial charge in [-0.2, -0.15) is 5.10 Å². The number of benzene rings is 1. The van der Waals surface area contributed by atoms with Crippen LogP contribution in [-0.2, 0) is 23.6 Å². The Kier molecular flexibility index (Phi) is 4.93. The molecule has 0 bridgehead atoms. The quantitative estimate of drug-likeness (QED) is 0.749. The fraction of sp³-hybridized carbons (Fsp3) is 0.263. The van der Waals surface area contributed by atoms with Crippen LogP contribution in [0.15, 0.2) is 47.6 Å². The second-order valence-corrected chi connectivity index (χ2v) is 8.14. The van der Waals surface area contributed by atoms with Crippen molar-refractivity contribution < 1.29 is 8.42 Å². The van der Waals surface area contributed by atoms with Crippen molar-refractivity contribution in [2.24, 2.45) is 7.05 Å². The minimum atomic E-state index is -3.61. The van der Waals surface area contributed by atoms with E-state index in [2.05, 4.69) is 14.8 Å². The fourth-order valence-electron chi connectivity index (χ4n) is 2.88. The normalized spacial score (nSPS) is 11.7. The summed E-state index contributed by atoms with van der Waals surface area (Å²) in [6.07, 6.45) is 3.43. The first-order valence-electron chi connectivity index (χ1n) is 8.29. The lowest BCUT2D eigenvalue weighted by Gasteiger charge is -2.11. The molecule has 0 aliphatic carbocycles. The summed E-state index contributed by atoms with van der Waals surface area (Å²) in [7, 11) is -1.77. The molecule has 1 N–H and O–H groups in total. The highest BCUT2D eigenvalue weighted by molar-refractivity contribution is 7.89. The van der Waals surface area contributed by atoms with Crippen LogP contribution < -0.4 is 4.72 Å². The van der Waals surface area contributed by atoms with Gasteiger partial charge in [0, 0.05) is 25.0 Å². The van der Waals surface area contributed by atoms with Crippen LogP contribution in [0.4, 0.5) is 0 Å². The molecule has 3 rings (SSSR count). The third-order valence-corrected chi connectivity index (χ3v) is 5.97. The van der Waals surface area contributed by atoms with E-state index in [1.54, 1.807) is 23.1 Å². The number of sulfonamides is 1. The van der Waals surface area contributed by atoms with Crippen molar-refractivity contribution in [2.45, 2.75) is 32.2 Å². The first-order chi connectivity index (χ1) is 12.3. The minimum absolute atomic E-state index is 0.133. The minimum Gasteiger partial charge on any atom is -0.268 e. The van der Waals surface area contributed by atoms with Crippen molar-refractivity contribution in [3.05, 3.63) is 65.1 Å². The van der Waals surface area contributed by atoms with Crippen molar-refractivity contribution >= 4 is 10.0 Å². The molecule has 3 aromatic rings. The molecular weight excluding hydrogens is 348 g/mol. The van der Waals surface area contributed by atoms with Gasteiger partial charge in [0.25, 0.3) is 0 Å². The number of nitrogens with zero attached hydrogens (tertiary/aromatic N) is 3. The van der Waals surface area contributed by atoms with Gasteiger partial charge >= 0.3 is 0 Å². The van der Waals surface area contributed by atoms with Gasteiger partial charge in [-0.1, -0.05) is 6.07 Å². The fourth-order valence-corrected chi connectivity index (χ4v) is 4.18. The summed E-state index contributed by atoms with van der Waals surface area (Å²) in [5.41, 5.74) is 5.31. The highest BCUT2D eigenvalue weighted by Gasteiger charge is 2.18. The standard InChI is InChI=1S/C19H22N4O2S/c1-13-9-15(3)19(10-14(13)2)26(24,25)21-12-17-11-18(23(4)22-17)16-5-7-20-8-6-16/h5-11,21H,12H2,1-4H3. The molecule has 0 saturated heterocycles. The molecule has 0 aliphatic rings. The first kappa shape index (κ1) is 18.3. The number of hydrogen-bond donors (Lipinski definition) is 1. The number of hydrogen-bond acceptors (Lipinski definition) is 4. The van der Waals surface area contributed by atoms with Crippen LogP contribution >= 0.6 is 0 Å². The monoisotopic (exact) mass is 370 g/mol. The predicted molar refractivity (Wildman–Crippen MR) is 101 cm³/mol. The maximum atomic E-state index is 12.7. The summed E-state index contributed by atoms with van der Waals surface area (Å²) in [6, 6.07) is 9.28. The molecule has 0 spiro atoms. The van der Waals surface area contributed by atoms with E-state index in [0.29, 0.717) is 10.6 Å². The molecule has 0 radical (unpaired) electrons. The second-order valence-electron chi connectivity index (χ2n) is 6.41. The Balaban J connectivity index is 1.82. The Hall–Kier alpha value is -2.51. The number of rotatable bonds is 5. The maximum absolute atomic E-state index is 12.7. The lowest BCUT2D eigenvalue weighted by molar-refractivity contribution is 0.579. The molecule has 0 aliphatic heterocycles. The zero-order valence-electron chi connectivity index (χ0n) is 15.3. The molecule has 7 heteroatoms. The Morgan fingerprint density at radius 1 is 1.00 bits per heavy atom. The van der Waals surface area contributed by atoms with Crippen LogP contribution in [0.1, 0.15) is 22.4 Å². The molecule has 0 unspecified atom stereocenters. The molecule has 0 saturated carbocycles. The smallest absolute Gasteiger partial charge is 0.241 e. The highest BCUT2D eigenvalue weighted by Crippen LogP contribution is 2.21. The Morgan fingerprint density at radius 2 is 1.65 bits per heavy atom. The summed E-state index contributed by atoms with van der Waals surface area (Å²) >= 11 is 0. The Morgan fingerprint density at radius 3 is 2.35 bits per heavy atom. The van der Waals surface area contributed by atoms with Crippen LogP contribution in [-0.4, -0.2) is 23.2 Å². The van der Waals surface area contributed by atoms with E-state index in [1.165, 1.54) is 0 Å². The molecule has 2 aromatic heterocycles. The van der Waals surface area contributed by atoms with E-state index < -0.39 is 10.0 Å². The molecule has 26 heavy (non-hydrogen) atoms. The predicted octanol–water partition coefficient (Wildman–Crippen LogP) is 2.89. The average molecular weight is 370 g/mol. The molecule has 2 heterocycles. The SMILES string of the molecule is Cc1cc(C)c(S(=O)(=O)NCc2cc(-c3ccncc3)n(C)n2)cc1C. The topological polar surface area (TPSA) is 76.9 Å². The van der Waals surface area contributed by atoms with Crippen molar-refractivity contribution in [3.63, 3.8) is 0 Å². The van der Waals surface area contributed by atoms with Gasteiger partial charge in [-0.15, -0.1) is 0 Å². The highest BCUT2D eigenvalue weighted by atomic mass is 32.2. The van der Waals surface area contributed by atoms with Crippen LogP contribution in [0.2, 0.25) is 0 Å². The molecule has 0 amide bonds. The number of aromatic nitrogens is 3. The third-order valence-electron chi connectivity index (χ3n) is 4.43.